The molecule has 0 N–H and O–H groups in total. The van der Waals surface area contributed by atoms with Crippen molar-refractivity contribution in [2.45, 2.75) is 0 Å². The molecule has 2 aromatic heterocycles. The van der Waals surface area contributed by atoms with Crippen molar-refractivity contribution in [1.29, 1.82) is 0 Å². The highest BCUT2D eigenvalue weighted by Crippen LogP contribution is 2.28. The zero-order valence-corrected chi connectivity index (χ0v) is 14.6. The van der Waals surface area contributed by atoms with Gasteiger partial charge in [-0.15, -0.1) is 0 Å². The molecule has 0 unspecified atom stereocenters. The highest BCUT2D eigenvalue weighted by atomic mass is 35.5. The van der Waals surface area contributed by atoms with Crippen LogP contribution in [-0.2, 0) is 0 Å². The lowest BCUT2D eigenvalue weighted by molar-refractivity contribution is 0.993. The minimum Gasteiger partial charge on any atom is -0.283 e. The molecule has 0 atom stereocenters. The van der Waals surface area contributed by atoms with E-state index in [0.29, 0.717) is 16.1 Å². The van der Waals surface area contributed by atoms with E-state index in [2.05, 4.69) is 4.98 Å². The van der Waals surface area contributed by atoms with Crippen LogP contribution in [0.4, 0.5) is 0 Å². The van der Waals surface area contributed by atoms with Crippen molar-refractivity contribution in [3.05, 3.63) is 107 Å². The summed E-state index contributed by atoms with van der Waals surface area (Å²) in [6, 6.07) is 24.5. The Bertz CT molecular complexity index is 1110. The largest absolute Gasteiger partial charge is 0.283 e. The van der Waals surface area contributed by atoms with Crippen molar-refractivity contribution in [3.63, 3.8) is 0 Å². The summed E-state index contributed by atoms with van der Waals surface area (Å²) in [5.41, 5.74) is 3.58. The van der Waals surface area contributed by atoms with Crippen LogP contribution < -0.4 is 5.56 Å². The van der Waals surface area contributed by atoms with Crippen LogP contribution in [0.1, 0.15) is 0 Å². The average molecular weight is 359 g/mol. The fourth-order valence-corrected chi connectivity index (χ4v) is 3.15. The predicted octanol–water partition coefficient (Wildman–Crippen LogP) is 5.22. The molecule has 4 rings (SSSR count). The predicted molar refractivity (Wildman–Crippen MR) is 106 cm³/mol. The van der Waals surface area contributed by atoms with Crippen LogP contribution in [0, 0.1) is 0 Å². The molecular weight excluding hydrogens is 344 g/mol. The van der Waals surface area contributed by atoms with Crippen molar-refractivity contribution in [2.75, 3.05) is 0 Å². The van der Waals surface area contributed by atoms with Gasteiger partial charge in [0.15, 0.2) is 0 Å². The van der Waals surface area contributed by atoms with Crippen LogP contribution in [-0.4, -0.2) is 9.55 Å². The summed E-state index contributed by atoms with van der Waals surface area (Å²) in [6.07, 6.45) is 3.56. The van der Waals surface area contributed by atoms with E-state index < -0.39 is 0 Å². The van der Waals surface area contributed by atoms with E-state index >= 15 is 0 Å². The minimum atomic E-state index is -0.121. The van der Waals surface area contributed by atoms with Crippen LogP contribution >= 0.6 is 11.6 Å². The number of benzene rings is 2. The lowest BCUT2D eigenvalue weighted by Gasteiger charge is -2.13. The summed E-state index contributed by atoms with van der Waals surface area (Å²) in [4.78, 5) is 17.6. The van der Waals surface area contributed by atoms with Gasteiger partial charge in [-0.25, -0.2) is 0 Å². The van der Waals surface area contributed by atoms with Crippen molar-refractivity contribution >= 4 is 11.6 Å². The second kappa shape index (κ2) is 6.98. The third-order valence-electron chi connectivity index (χ3n) is 4.18. The molecular formula is C22H15ClN2O. The molecule has 0 fully saturated rings. The zero-order chi connectivity index (χ0) is 17.9. The van der Waals surface area contributed by atoms with Gasteiger partial charge in [0.05, 0.1) is 5.69 Å². The topological polar surface area (TPSA) is 34.9 Å². The van der Waals surface area contributed by atoms with Gasteiger partial charge in [0, 0.05) is 39.8 Å². The third kappa shape index (κ3) is 3.05. The molecule has 0 amide bonds. The summed E-state index contributed by atoms with van der Waals surface area (Å²) in [5, 5.41) is 0.544. The van der Waals surface area contributed by atoms with Crippen LogP contribution in [0.5, 0.6) is 0 Å². The Morgan fingerprint density at radius 2 is 1.54 bits per heavy atom. The third-order valence-corrected chi connectivity index (χ3v) is 4.51. The van der Waals surface area contributed by atoms with Gasteiger partial charge < -0.3 is 0 Å². The molecule has 126 valence electrons. The lowest BCUT2D eigenvalue weighted by atomic mass is 10.0. The minimum absolute atomic E-state index is 0.121. The van der Waals surface area contributed by atoms with Gasteiger partial charge in [-0.2, -0.15) is 0 Å². The zero-order valence-electron chi connectivity index (χ0n) is 13.8. The van der Waals surface area contributed by atoms with E-state index in [-0.39, 0.29) is 5.56 Å². The van der Waals surface area contributed by atoms with E-state index in [1.54, 1.807) is 16.8 Å². The van der Waals surface area contributed by atoms with E-state index in [1.807, 2.05) is 79.0 Å². The van der Waals surface area contributed by atoms with E-state index in [9.17, 15) is 4.79 Å². The van der Waals surface area contributed by atoms with Gasteiger partial charge >= 0.3 is 0 Å². The Kier molecular flexibility index (Phi) is 4.38. The maximum Gasteiger partial charge on any atom is 0.263 e. The average Bonchev–Trinajstić information content (AvgIpc) is 2.70. The number of pyridine rings is 2. The molecule has 0 aliphatic heterocycles. The molecule has 0 aliphatic rings. The van der Waals surface area contributed by atoms with Crippen LogP contribution in [0.3, 0.4) is 0 Å². The first-order valence-corrected chi connectivity index (χ1v) is 8.60. The Morgan fingerprint density at radius 1 is 0.808 bits per heavy atom. The lowest BCUT2D eigenvalue weighted by Crippen LogP contribution is -2.20. The SMILES string of the molecule is O=c1c(-c2ccccc2Cl)cc(-c2ccccn2)cn1-c1ccccc1. The molecule has 0 spiro atoms. The van der Waals surface area contributed by atoms with E-state index in [0.717, 1.165) is 16.9 Å². The standard InChI is InChI=1S/C22H15ClN2O/c23-20-11-5-4-10-18(20)19-14-16(21-12-6-7-13-24-21)15-25(22(19)26)17-8-2-1-3-9-17/h1-15H. The molecule has 26 heavy (non-hydrogen) atoms. The summed E-state index contributed by atoms with van der Waals surface area (Å²) >= 11 is 6.36. The van der Waals surface area contributed by atoms with Gasteiger partial charge in [0.1, 0.15) is 0 Å². The summed E-state index contributed by atoms with van der Waals surface area (Å²) in [5.74, 6) is 0. The maximum atomic E-state index is 13.2. The molecule has 3 nitrogen and oxygen atoms in total. The first-order valence-electron chi connectivity index (χ1n) is 8.22. The van der Waals surface area contributed by atoms with Crippen molar-refractivity contribution in [3.8, 4) is 28.1 Å². The quantitative estimate of drug-likeness (QED) is 0.503. The normalized spacial score (nSPS) is 10.7. The molecule has 4 heteroatoms. The molecule has 0 saturated carbocycles. The first kappa shape index (κ1) is 16.3. The smallest absolute Gasteiger partial charge is 0.263 e. The molecule has 0 aliphatic carbocycles. The number of rotatable bonds is 3. The summed E-state index contributed by atoms with van der Waals surface area (Å²) in [7, 11) is 0. The number of halogens is 1. The summed E-state index contributed by atoms with van der Waals surface area (Å²) in [6.45, 7) is 0. The second-order valence-electron chi connectivity index (χ2n) is 5.85. The Morgan fingerprint density at radius 3 is 2.27 bits per heavy atom. The second-order valence-corrected chi connectivity index (χ2v) is 6.26. The van der Waals surface area contributed by atoms with Gasteiger partial charge in [-0.3, -0.25) is 14.3 Å². The highest BCUT2D eigenvalue weighted by molar-refractivity contribution is 6.33. The number of nitrogens with zero attached hydrogens (tertiary/aromatic N) is 2. The maximum absolute atomic E-state index is 13.2. The van der Waals surface area contributed by atoms with Crippen LogP contribution in [0.15, 0.2) is 96.1 Å². The van der Waals surface area contributed by atoms with Crippen molar-refractivity contribution < 1.29 is 0 Å². The fourth-order valence-electron chi connectivity index (χ4n) is 2.91. The Labute approximate surface area is 156 Å². The monoisotopic (exact) mass is 358 g/mol. The molecule has 4 aromatic rings. The van der Waals surface area contributed by atoms with Gasteiger partial charge in [0.2, 0.25) is 0 Å². The van der Waals surface area contributed by atoms with Gasteiger partial charge in [-0.1, -0.05) is 54.1 Å². The number of para-hydroxylation sites is 1. The van der Waals surface area contributed by atoms with Gasteiger partial charge in [0.25, 0.3) is 5.56 Å². The number of hydrogen-bond donors (Lipinski definition) is 0. The van der Waals surface area contributed by atoms with Crippen molar-refractivity contribution in [1.82, 2.24) is 9.55 Å². The van der Waals surface area contributed by atoms with Crippen molar-refractivity contribution in [2.24, 2.45) is 0 Å². The van der Waals surface area contributed by atoms with E-state index in [1.165, 1.54) is 0 Å². The van der Waals surface area contributed by atoms with Crippen LogP contribution in [0.25, 0.3) is 28.1 Å². The fraction of sp³-hybridized carbons (Fsp3) is 0. The van der Waals surface area contributed by atoms with Gasteiger partial charge in [-0.05, 0) is 36.4 Å². The van der Waals surface area contributed by atoms with E-state index in [4.69, 9.17) is 11.6 Å². The Balaban J connectivity index is 2.03. The molecule has 0 radical (unpaired) electrons. The molecule has 2 heterocycles. The number of aromatic nitrogens is 2. The molecule has 2 aromatic carbocycles. The number of hydrogen-bond acceptors (Lipinski definition) is 2. The Hall–Kier alpha value is -3.17. The molecule has 0 bridgehead atoms. The highest BCUT2D eigenvalue weighted by Gasteiger charge is 2.14. The summed E-state index contributed by atoms with van der Waals surface area (Å²) < 4.78 is 1.64. The molecule has 0 saturated heterocycles. The van der Waals surface area contributed by atoms with Crippen LogP contribution in [0.2, 0.25) is 5.02 Å². The first-order chi connectivity index (χ1) is 12.7.